The lowest BCUT2D eigenvalue weighted by Gasteiger charge is -2.36. The van der Waals surface area contributed by atoms with Gasteiger partial charge in [0.1, 0.15) is 0 Å². The van der Waals surface area contributed by atoms with Gasteiger partial charge in [0.15, 0.2) is 0 Å². The molecule has 0 aliphatic carbocycles. The van der Waals surface area contributed by atoms with E-state index in [1.54, 1.807) is 6.92 Å². The number of rotatable bonds is 0. The Hall–Kier alpha value is -0.240. The summed E-state index contributed by atoms with van der Waals surface area (Å²) in [7, 11) is 0. The van der Waals surface area contributed by atoms with Crippen molar-refractivity contribution >= 4 is 17.5 Å². The second-order valence-electron chi connectivity index (χ2n) is 3.88. The van der Waals surface area contributed by atoms with E-state index in [1.807, 2.05) is 4.90 Å². The van der Waals surface area contributed by atoms with Gasteiger partial charge >= 0.3 is 0 Å². The molecule has 0 saturated carbocycles. The van der Waals surface area contributed by atoms with Crippen LogP contribution in [0.5, 0.6) is 0 Å². The minimum Gasteiger partial charge on any atom is -0.337 e. The van der Waals surface area contributed by atoms with E-state index in [2.05, 4.69) is 0 Å². The number of carbonyl (C=O) groups excluding carboxylic acids is 1. The first-order valence-corrected chi connectivity index (χ1v) is 5.05. The summed E-state index contributed by atoms with van der Waals surface area (Å²) in [6, 6.07) is 0.896. The number of nitrogens with zero attached hydrogens (tertiary/aromatic N) is 1. The smallest absolute Gasteiger partial charge is 0.219 e. The summed E-state index contributed by atoms with van der Waals surface area (Å²) in [5.41, 5.74) is 0. The minimum atomic E-state index is 0.228. The van der Waals surface area contributed by atoms with Crippen LogP contribution in [0.15, 0.2) is 0 Å². The Morgan fingerprint density at radius 3 is 2.25 bits per heavy atom. The molecule has 2 heterocycles. The maximum atomic E-state index is 11.2. The topological polar surface area (TPSA) is 20.3 Å². The zero-order chi connectivity index (χ0) is 8.72. The van der Waals surface area contributed by atoms with Crippen molar-refractivity contribution in [3.8, 4) is 0 Å². The highest BCUT2D eigenvalue weighted by Crippen LogP contribution is 2.37. The number of hydrogen-bond acceptors (Lipinski definition) is 1. The summed E-state index contributed by atoms with van der Waals surface area (Å²) >= 11 is 6.08. The maximum absolute atomic E-state index is 11.2. The van der Waals surface area contributed by atoms with Gasteiger partial charge in [-0.1, -0.05) is 0 Å². The molecule has 0 radical (unpaired) electrons. The second-order valence-corrected chi connectivity index (χ2v) is 4.50. The van der Waals surface area contributed by atoms with Crippen molar-refractivity contribution in [3.05, 3.63) is 0 Å². The summed E-state index contributed by atoms with van der Waals surface area (Å²) in [5, 5.41) is 0.304. The highest BCUT2D eigenvalue weighted by Gasteiger charge is 2.41. The quantitative estimate of drug-likeness (QED) is 0.530. The van der Waals surface area contributed by atoms with Gasteiger partial charge in [-0.2, -0.15) is 0 Å². The molecule has 0 aromatic heterocycles. The van der Waals surface area contributed by atoms with Gasteiger partial charge in [0.05, 0.1) is 0 Å². The summed E-state index contributed by atoms with van der Waals surface area (Å²) < 4.78 is 0. The Labute approximate surface area is 77.9 Å². The molecule has 12 heavy (non-hydrogen) atoms. The molecule has 2 fully saturated rings. The molecule has 2 atom stereocenters. The average molecular weight is 188 g/mol. The van der Waals surface area contributed by atoms with E-state index >= 15 is 0 Å². The fourth-order valence-corrected chi connectivity index (χ4v) is 3.04. The first-order chi connectivity index (χ1) is 5.68. The standard InChI is InChI=1S/C9H14ClNO/c1-6(12)11-8-2-3-9(11)5-7(10)4-8/h7-9H,2-5H2,1H3. The summed E-state index contributed by atoms with van der Waals surface area (Å²) in [5.74, 6) is 0.228. The third-order valence-electron chi connectivity index (χ3n) is 3.04. The van der Waals surface area contributed by atoms with E-state index in [9.17, 15) is 4.79 Å². The number of fused-ring (bicyclic) bond motifs is 2. The highest BCUT2D eigenvalue weighted by molar-refractivity contribution is 6.20. The van der Waals surface area contributed by atoms with Crippen LogP contribution in [-0.4, -0.2) is 28.3 Å². The first kappa shape index (κ1) is 8.36. The van der Waals surface area contributed by atoms with Gasteiger partial charge in [-0.15, -0.1) is 11.6 Å². The Bertz CT molecular complexity index is 193. The van der Waals surface area contributed by atoms with Gasteiger partial charge in [-0.3, -0.25) is 4.79 Å². The van der Waals surface area contributed by atoms with Crippen LogP contribution in [0.1, 0.15) is 32.6 Å². The molecule has 2 unspecified atom stereocenters. The normalized spacial score (nSPS) is 40.2. The summed E-state index contributed by atoms with van der Waals surface area (Å²) in [4.78, 5) is 13.3. The van der Waals surface area contributed by atoms with Crippen LogP contribution in [0.25, 0.3) is 0 Å². The molecule has 68 valence electrons. The van der Waals surface area contributed by atoms with Crippen LogP contribution in [0.3, 0.4) is 0 Å². The molecule has 2 rings (SSSR count). The Kier molecular flexibility index (Phi) is 2.03. The van der Waals surface area contributed by atoms with Crippen LogP contribution < -0.4 is 0 Å². The molecular weight excluding hydrogens is 174 g/mol. The molecule has 2 bridgehead atoms. The summed E-state index contributed by atoms with van der Waals surface area (Å²) in [6.07, 6.45) is 4.32. The molecule has 0 N–H and O–H groups in total. The number of carbonyl (C=O) groups is 1. The molecule has 2 saturated heterocycles. The predicted molar refractivity (Wildman–Crippen MR) is 48.2 cm³/mol. The average Bonchev–Trinajstić information content (AvgIpc) is 2.24. The molecule has 1 amide bonds. The monoisotopic (exact) mass is 187 g/mol. The van der Waals surface area contributed by atoms with Crippen molar-refractivity contribution in [2.45, 2.75) is 50.1 Å². The molecule has 2 aliphatic heterocycles. The first-order valence-electron chi connectivity index (χ1n) is 4.61. The van der Waals surface area contributed by atoms with Gasteiger partial charge < -0.3 is 4.90 Å². The van der Waals surface area contributed by atoms with E-state index in [0.29, 0.717) is 17.5 Å². The van der Waals surface area contributed by atoms with E-state index in [1.165, 1.54) is 0 Å². The lowest BCUT2D eigenvalue weighted by molar-refractivity contribution is -0.132. The lowest BCUT2D eigenvalue weighted by Crippen LogP contribution is -2.45. The Morgan fingerprint density at radius 1 is 1.33 bits per heavy atom. The van der Waals surface area contributed by atoms with Gasteiger partial charge in [-0.25, -0.2) is 0 Å². The molecular formula is C9H14ClNO. The molecule has 0 spiro atoms. The summed E-state index contributed by atoms with van der Waals surface area (Å²) in [6.45, 7) is 1.67. The zero-order valence-corrected chi connectivity index (χ0v) is 8.05. The largest absolute Gasteiger partial charge is 0.337 e. The van der Waals surface area contributed by atoms with Crippen molar-refractivity contribution in [2.75, 3.05) is 0 Å². The maximum Gasteiger partial charge on any atom is 0.219 e. The zero-order valence-electron chi connectivity index (χ0n) is 7.29. The molecule has 3 heteroatoms. The fourth-order valence-electron chi connectivity index (χ4n) is 2.62. The van der Waals surface area contributed by atoms with Gasteiger partial charge in [0, 0.05) is 24.4 Å². The van der Waals surface area contributed by atoms with Crippen LogP contribution in [0.4, 0.5) is 0 Å². The molecule has 0 aromatic carbocycles. The van der Waals surface area contributed by atoms with Gasteiger partial charge in [0.25, 0.3) is 0 Å². The van der Waals surface area contributed by atoms with E-state index in [0.717, 1.165) is 25.7 Å². The van der Waals surface area contributed by atoms with E-state index in [-0.39, 0.29) is 5.91 Å². The van der Waals surface area contributed by atoms with Crippen LogP contribution in [-0.2, 0) is 4.79 Å². The van der Waals surface area contributed by atoms with Gasteiger partial charge in [-0.05, 0) is 25.7 Å². The second kappa shape index (κ2) is 2.91. The van der Waals surface area contributed by atoms with Crippen LogP contribution >= 0.6 is 11.6 Å². The van der Waals surface area contributed by atoms with Crippen LogP contribution in [0.2, 0.25) is 0 Å². The fraction of sp³-hybridized carbons (Fsp3) is 0.889. The Balaban J connectivity index is 2.14. The Morgan fingerprint density at radius 2 is 1.83 bits per heavy atom. The molecule has 2 nitrogen and oxygen atoms in total. The third kappa shape index (κ3) is 1.22. The third-order valence-corrected chi connectivity index (χ3v) is 3.40. The number of hydrogen-bond donors (Lipinski definition) is 0. The molecule has 0 aromatic rings. The van der Waals surface area contributed by atoms with Gasteiger partial charge in [0.2, 0.25) is 5.91 Å². The van der Waals surface area contributed by atoms with E-state index in [4.69, 9.17) is 11.6 Å². The van der Waals surface area contributed by atoms with Crippen molar-refractivity contribution < 1.29 is 4.79 Å². The lowest BCUT2D eigenvalue weighted by atomic mass is 10.0. The number of amides is 1. The van der Waals surface area contributed by atoms with Crippen molar-refractivity contribution in [3.63, 3.8) is 0 Å². The van der Waals surface area contributed by atoms with Crippen molar-refractivity contribution in [2.24, 2.45) is 0 Å². The van der Waals surface area contributed by atoms with Crippen LogP contribution in [0, 0.1) is 0 Å². The predicted octanol–water partition coefficient (Wildman–Crippen LogP) is 1.77. The minimum absolute atomic E-state index is 0.228. The van der Waals surface area contributed by atoms with E-state index < -0.39 is 0 Å². The molecule has 2 aliphatic rings. The number of alkyl halides is 1. The van der Waals surface area contributed by atoms with Crippen molar-refractivity contribution in [1.29, 1.82) is 0 Å². The number of piperidine rings is 1. The SMILES string of the molecule is CC(=O)N1C2CCC1CC(Cl)C2. The van der Waals surface area contributed by atoms with Crippen molar-refractivity contribution in [1.82, 2.24) is 4.90 Å². The number of halogens is 1. The highest BCUT2D eigenvalue weighted by atomic mass is 35.5.